The second kappa shape index (κ2) is 10.5. The van der Waals surface area contributed by atoms with E-state index in [-0.39, 0.29) is 12.3 Å². The Morgan fingerprint density at radius 2 is 1.91 bits per heavy atom. The van der Waals surface area contributed by atoms with Crippen LogP contribution >= 0.6 is 0 Å². The highest BCUT2D eigenvalue weighted by atomic mass is 16.6. The number of nitrogens with zero attached hydrogens (tertiary/aromatic N) is 5. The van der Waals surface area contributed by atoms with Gasteiger partial charge in [-0.15, -0.1) is 0 Å². The van der Waals surface area contributed by atoms with Crippen molar-refractivity contribution in [3.05, 3.63) is 41.7 Å². The Hall–Kier alpha value is -3.09. The van der Waals surface area contributed by atoms with E-state index in [1.165, 1.54) is 0 Å². The van der Waals surface area contributed by atoms with Crippen LogP contribution in [0.4, 0.5) is 4.79 Å². The van der Waals surface area contributed by atoms with Gasteiger partial charge in [0.1, 0.15) is 23.3 Å². The van der Waals surface area contributed by atoms with E-state index in [4.69, 9.17) is 24.6 Å². The van der Waals surface area contributed by atoms with Gasteiger partial charge in [-0.2, -0.15) is 10.4 Å². The van der Waals surface area contributed by atoms with Gasteiger partial charge in [-0.3, -0.25) is 4.90 Å². The van der Waals surface area contributed by atoms with Crippen LogP contribution in [0.5, 0.6) is 11.5 Å². The average molecular weight is 468 g/mol. The zero-order chi connectivity index (χ0) is 24.1. The summed E-state index contributed by atoms with van der Waals surface area (Å²) in [5.41, 5.74) is 0.908. The predicted octanol–water partition coefficient (Wildman–Crippen LogP) is 4.30. The Morgan fingerprint density at radius 3 is 2.53 bits per heavy atom. The summed E-state index contributed by atoms with van der Waals surface area (Å²) in [6.07, 6.45) is 4.65. The molecule has 1 unspecified atom stereocenters. The van der Waals surface area contributed by atoms with Gasteiger partial charge in [0.05, 0.1) is 17.8 Å². The molecule has 0 N–H and O–H groups in total. The van der Waals surface area contributed by atoms with Crippen LogP contribution < -0.4 is 4.74 Å². The van der Waals surface area contributed by atoms with Crippen LogP contribution in [0.1, 0.15) is 57.5 Å². The van der Waals surface area contributed by atoms with E-state index < -0.39 is 5.60 Å². The SMILES string of the molecule is CC(C)(C)OC(=O)N1CCN(Cc2nn(C3CCCCO3)cc2Oc2ccc(C#N)cc2)CC1. The highest BCUT2D eigenvalue weighted by Crippen LogP contribution is 2.30. The second-order valence-electron chi connectivity index (χ2n) is 9.72. The van der Waals surface area contributed by atoms with Crippen LogP contribution in [0, 0.1) is 11.3 Å². The van der Waals surface area contributed by atoms with Crippen LogP contribution in [-0.4, -0.2) is 64.1 Å². The molecule has 9 nitrogen and oxygen atoms in total. The van der Waals surface area contributed by atoms with Gasteiger partial charge in [0.2, 0.25) is 0 Å². The highest BCUT2D eigenvalue weighted by Gasteiger charge is 2.27. The summed E-state index contributed by atoms with van der Waals surface area (Å²) >= 11 is 0. The highest BCUT2D eigenvalue weighted by molar-refractivity contribution is 5.68. The smallest absolute Gasteiger partial charge is 0.410 e. The normalized spacial score (nSPS) is 19.5. The Bertz CT molecular complexity index is 1010. The fourth-order valence-corrected chi connectivity index (χ4v) is 4.04. The zero-order valence-corrected chi connectivity index (χ0v) is 20.2. The minimum absolute atomic E-state index is 0.0881. The average Bonchev–Trinajstić information content (AvgIpc) is 3.21. The molecular weight excluding hydrogens is 434 g/mol. The van der Waals surface area contributed by atoms with Crippen molar-refractivity contribution < 1.29 is 19.0 Å². The molecule has 2 aliphatic heterocycles. The molecule has 2 fully saturated rings. The molecule has 2 aliphatic rings. The fourth-order valence-electron chi connectivity index (χ4n) is 4.04. The molecule has 34 heavy (non-hydrogen) atoms. The van der Waals surface area contributed by atoms with Gasteiger partial charge in [-0.25, -0.2) is 9.48 Å². The number of benzene rings is 1. The van der Waals surface area contributed by atoms with Crippen LogP contribution in [0.25, 0.3) is 0 Å². The number of hydrogen-bond acceptors (Lipinski definition) is 7. The Kier molecular flexibility index (Phi) is 7.39. The fraction of sp³-hybridized carbons (Fsp3) is 0.560. The summed E-state index contributed by atoms with van der Waals surface area (Å²) in [5.74, 6) is 1.33. The molecule has 182 valence electrons. The van der Waals surface area contributed by atoms with E-state index in [1.807, 2.05) is 31.6 Å². The lowest BCUT2D eigenvalue weighted by Gasteiger charge is -2.35. The van der Waals surface area contributed by atoms with E-state index in [0.29, 0.717) is 36.7 Å². The zero-order valence-electron chi connectivity index (χ0n) is 20.2. The first-order valence-electron chi connectivity index (χ1n) is 11.9. The van der Waals surface area contributed by atoms with Gasteiger partial charge in [-0.05, 0) is 64.3 Å². The molecule has 1 atom stereocenters. The molecular formula is C25H33N5O4. The van der Waals surface area contributed by atoms with Gasteiger partial charge in [0.25, 0.3) is 0 Å². The van der Waals surface area contributed by atoms with Crippen molar-refractivity contribution in [1.82, 2.24) is 19.6 Å². The van der Waals surface area contributed by atoms with Crippen molar-refractivity contribution in [2.45, 2.75) is 58.4 Å². The Balaban J connectivity index is 1.45. The first-order chi connectivity index (χ1) is 16.3. The van der Waals surface area contributed by atoms with Crippen molar-refractivity contribution in [3.63, 3.8) is 0 Å². The molecule has 1 aromatic heterocycles. The largest absolute Gasteiger partial charge is 0.454 e. The maximum atomic E-state index is 12.4. The topological polar surface area (TPSA) is 92.8 Å². The third kappa shape index (κ3) is 6.27. The van der Waals surface area contributed by atoms with Crippen molar-refractivity contribution in [2.75, 3.05) is 32.8 Å². The molecule has 0 bridgehead atoms. The molecule has 1 aromatic carbocycles. The van der Waals surface area contributed by atoms with Gasteiger partial charge >= 0.3 is 6.09 Å². The van der Waals surface area contributed by atoms with Crippen molar-refractivity contribution in [2.24, 2.45) is 0 Å². The summed E-state index contributed by atoms with van der Waals surface area (Å²) in [7, 11) is 0. The first-order valence-corrected chi connectivity index (χ1v) is 11.9. The molecule has 2 aromatic rings. The number of ether oxygens (including phenoxy) is 3. The number of nitriles is 1. The van der Waals surface area contributed by atoms with Crippen LogP contribution in [0.2, 0.25) is 0 Å². The third-order valence-electron chi connectivity index (χ3n) is 5.83. The molecule has 9 heteroatoms. The third-order valence-corrected chi connectivity index (χ3v) is 5.83. The van der Waals surface area contributed by atoms with E-state index in [2.05, 4.69) is 11.0 Å². The number of carbonyl (C=O) groups is 1. The Labute approximate surface area is 200 Å². The summed E-state index contributed by atoms with van der Waals surface area (Å²) in [5, 5.41) is 13.9. The van der Waals surface area contributed by atoms with E-state index in [1.54, 1.807) is 29.2 Å². The van der Waals surface area contributed by atoms with Crippen molar-refractivity contribution in [3.8, 4) is 17.6 Å². The molecule has 2 saturated heterocycles. The van der Waals surface area contributed by atoms with Crippen LogP contribution in [-0.2, 0) is 16.0 Å². The lowest BCUT2D eigenvalue weighted by Crippen LogP contribution is -2.49. The number of aromatic nitrogens is 2. The minimum Gasteiger partial charge on any atom is -0.454 e. The van der Waals surface area contributed by atoms with Crippen LogP contribution in [0.15, 0.2) is 30.5 Å². The molecule has 0 aliphatic carbocycles. The number of amides is 1. The first kappa shape index (κ1) is 24.0. The van der Waals surface area contributed by atoms with E-state index in [9.17, 15) is 4.79 Å². The van der Waals surface area contributed by atoms with Gasteiger partial charge < -0.3 is 19.1 Å². The number of rotatable bonds is 5. The number of carbonyl (C=O) groups excluding carboxylic acids is 1. The van der Waals surface area contributed by atoms with Gasteiger partial charge in [0, 0.05) is 39.3 Å². The van der Waals surface area contributed by atoms with Crippen LogP contribution in [0.3, 0.4) is 0 Å². The van der Waals surface area contributed by atoms with Crippen molar-refractivity contribution in [1.29, 1.82) is 5.26 Å². The minimum atomic E-state index is -0.500. The Morgan fingerprint density at radius 1 is 1.18 bits per heavy atom. The number of piperazine rings is 1. The maximum Gasteiger partial charge on any atom is 0.410 e. The summed E-state index contributed by atoms with van der Waals surface area (Å²) < 4.78 is 19.5. The number of hydrogen-bond donors (Lipinski definition) is 0. The molecule has 0 saturated carbocycles. The monoisotopic (exact) mass is 467 g/mol. The molecule has 0 spiro atoms. The lowest BCUT2D eigenvalue weighted by molar-refractivity contribution is -0.0399. The summed E-state index contributed by atoms with van der Waals surface area (Å²) in [6.45, 7) is 9.63. The molecule has 4 rings (SSSR count). The second-order valence-corrected chi connectivity index (χ2v) is 9.72. The predicted molar refractivity (Wildman–Crippen MR) is 125 cm³/mol. The van der Waals surface area contributed by atoms with Gasteiger partial charge in [-0.1, -0.05) is 0 Å². The van der Waals surface area contributed by atoms with Gasteiger partial charge in [0.15, 0.2) is 5.75 Å². The maximum absolute atomic E-state index is 12.4. The summed E-state index contributed by atoms with van der Waals surface area (Å²) in [6, 6.07) is 9.17. The summed E-state index contributed by atoms with van der Waals surface area (Å²) in [4.78, 5) is 16.4. The molecule has 1 amide bonds. The van der Waals surface area contributed by atoms with E-state index in [0.717, 1.165) is 44.7 Å². The van der Waals surface area contributed by atoms with E-state index >= 15 is 0 Å². The quantitative estimate of drug-likeness (QED) is 0.647. The lowest BCUT2D eigenvalue weighted by atomic mass is 10.2. The molecule has 0 radical (unpaired) electrons. The molecule has 3 heterocycles. The standard InChI is InChI=1S/C25H33N5O4/c1-25(2,3)34-24(31)29-13-11-28(12-14-29)17-21-22(33-20-9-7-19(16-26)8-10-20)18-30(27-21)23-6-4-5-15-32-23/h7-10,18,23H,4-6,11-15,17H2,1-3H3. The van der Waals surface area contributed by atoms with Crippen molar-refractivity contribution >= 4 is 6.09 Å².